The Morgan fingerprint density at radius 1 is 1.55 bits per heavy atom. The lowest BCUT2D eigenvalue weighted by Gasteiger charge is -1.98. The number of amides is 1. The molecule has 2 heterocycles. The summed E-state index contributed by atoms with van der Waals surface area (Å²) in [5, 5.41) is 3.65. The highest BCUT2D eigenvalue weighted by atomic mass is 32.1. The highest BCUT2D eigenvalue weighted by Gasteiger charge is 2.13. The molecule has 0 spiro atoms. The number of aromatic nitrogens is 2. The lowest BCUT2D eigenvalue weighted by Crippen LogP contribution is -2.16. The van der Waals surface area contributed by atoms with Gasteiger partial charge in [-0.05, 0) is 25.1 Å². The normalized spacial score (nSPS) is 11.8. The molecule has 5 nitrogen and oxygen atoms in total. The molecule has 0 aliphatic heterocycles. The van der Waals surface area contributed by atoms with Crippen molar-refractivity contribution < 1.29 is 13.7 Å². The summed E-state index contributed by atoms with van der Waals surface area (Å²) in [5.74, 6) is 1.64. The van der Waals surface area contributed by atoms with E-state index >= 15 is 0 Å². The van der Waals surface area contributed by atoms with Gasteiger partial charge < -0.3 is 9.09 Å². The highest BCUT2D eigenvalue weighted by molar-refractivity contribution is 7.16. The van der Waals surface area contributed by atoms with E-state index in [-0.39, 0.29) is 18.1 Å². The smallest absolute Gasteiger partial charge is 0.318 e. The number of hydrogen-bond donors (Lipinski definition) is 0. The Morgan fingerprint density at radius 3 is 3.05 bits per heavy atom. The van der Waals surface area contributed by atoms with Crippen LogP contribution in [-0.2, 0) is 6.54 Å². The molecule has 0 atom stereocenters. The lowest BCUT2D eigenvalue weighted by atomic mass is 10.3. The second kappa shape index (κ2) is 5.58. The third-order valence-electron chi connectivity index (χ3n) is 2.93. The fourth-order valence-corrected chi connectivity index (χ4v) is 3.04. The van der Waals surface area contributed by atoms with Crippen LogP contribution in [0.2, 0.25) is 0 Å². The molecule has 0 saturated heterocycles. The SMILES string of the molecule is C#CCn1c(=NC(=O)c2cc(C)no2)sc2cc(F)ccc21. The predicted molar refractivity (Wildman–Crippen MR) is 79.7 cm³/mol. The van der Waals surface area contributed by atoms with Crippen LogP contribution in [0.3, 0.4) is 0 Å². The van der Waals surface area contributed by atoms with Crippen LogP contribution in [0.25, 0.3) is 10.2 Å². The van der Waals surface area contributed by atoms with Gasteiger partial charge >= 0.3 is 5.91 Å². The maximum atomic E-state index is 13.3. The maximum Gasteiger partial charge on any atom is 0.318 e. The second-order valence-electron chi connectivity index (χ2n) is 4.54. The Hall–Kier alpha value is -2.72. The molecule has 3 aromatic rings. The van der Waals surface area contributed by atoms with Crippen LogP contribution in [0.15, 0.2) is 33.8 Å². The standard InChI is InChI=1S/C15H10FN3O2S/c1-3-6-19-11-5-4-10(16)8-13(11)22-15(19)17-14(20)12-7-9(2)18-21-12/h1,4-5,7-8H,6H2,2H3. The van der Waals surface area contributed by atoms with Crippen molar-refractivity contribution in [2.45, 2.75) is 13.5 Å². The van der Waals surface area contributed by atoms with Crippen LogP contribution in [0.4, 0.5) is 4.39 Å². The van der Waals surface area contributed by atoms with Crippen LogP contribution in [0.1, 0.15) is 16.2 Å². The van der Waals surface area contributed by atoms with Gasteiger partial charge in [0.25, 0.3) is 0 Å². The van der Waals surface area contributed by atoms with Gasteiger partial charge in [0, 0.05) is 6.07 Å². The Kier molecular flexibility index (Phi) is 3.61. The van der Waals surface area contributed by atoms with Crippen molar-refractivity contribution in [1.29, 1.82) is 0 Å². The molecule has 0 fully saturated rings. The van der Waals surface area contributed by atoms with Crippen molar-refractivity contribution in [2.24, 2.45) is 4.99 Å². The predicted octanol–water partition coefficient (Wildman–Crippen LogP) is 2.51. The number of thiazole rings is 1. The number of hydrogen-bond acceptors (Lipinski definition) is 4. The van der Waals surface area contributed by atoms with Crippen LogP contribution < -0.4 is 4.80 Å². The summed E-state index contributed by atoms with van der Waals surface area (Å²) in [4.78, 5) is 16.5. The number of benzene rings is 1. The maximum absolute atomic E-state index is 13.3. The van der Waals surface area contributed by atoms with Crippen LogP contribution in [-0.4, -0.2) is 15.6 Å². The Balaban J connectivity index is 2.17. The molecular weight excluding hydrogens is 305 g/mol. The first kappa shape index (κ1) is 14.2. The molecule has 2 aromatic heterocycles. The van der Waals surface area contributed by atoms with E-state index in [4.69, 9.17) is 10.9 Å². The Bertz CT molecular complexity index is 975. The monoisotopic (exact) mass is 315 g/mol. The summed E-state index contributed by atoms with van der Waals surface area (Å²) in [6, 6.07) is 5.84. The molecule has 0 unspecified atom stereocenters. The molecule has 22 heavy (non-hydrogen) atoms. The van der Waals surface area contributed by atoms with Crippen molar-refractivity contribution in [3.05, 3.63) is 46.3 Å². The van der Waals surface area contributed by atoms with E-state index in [1.54, 1.807) is 17.6 Å². The van der Waals surface area contributed by atoms with Gasteiger partial charge in [-0.25, -0.2) is 4.39 Å². The summed E-state index contributed by atoms with van der Waals surface area (Å²) in [6.07, 6.45) is 5.36. The molecule has 7 heteroatoms. The number of nitrogens with zero attached hydrogens (tertiary/aromatic N) is 3. The minimum atomic E-state index is -0.557. The lowest BCUT2D eigenvalue weighted by molar-refractivity contribution is 0.0962. The van der Waals surface area contributed by atoms with Crippen molar-refractivity contribution in [3.63, 3.8) is 0 Å². The zero-order valence-corrected chi connectivity index (χ0v) is 12.4. The molecule has 1 amide bonds. The average Bonchev–Trinajstić information content (AvgIpc) is 3.04. The number of rotatable bonds is 2. The Morgan fingerprint density at radius 2 is 2.36 bits per heavy atom. The van der Waals surface area contributed by atoms with E-state index in [1.807, 2.05) is 0 Å². The van der Waals surface area contributed by atoms with Gasteiger partial charge in [-0.15, -0.1) is 6.42 Å². The van der Waals surface area contributed by atoms with E-state index in [0.29, 0.717) is 15.2 Å². The van der Waals surface area contributed by atoms with Crippen molar-refractivity contribution in [2.75, 3.05) is 0 Å². The van der Waals surface area contributed by atoms with Gasteiger partial charge in [-0.2, -0.15) is 4.99 Å². The summed E-state index contributed by atoms with van der Waals surface area (Å²) in [7, 11) is 0. The van der Waals surface area contributed by atoms with Crippen LogP contribution in [0, 0.1) is 25.1 Å². The molecule has 1 aromatic carbocycles. The Labute approximate surface area is 128 Å². The number of carbonyl (C=O) groups excluding carboxylic acids is 1. The number of aryl methyl sites for hydroxylation is 1. The molecule has 0 radical (unpaired) electrons. The van der Waals surface area contributed by atoms with Crippen molar-refractivity contribution in [3.8, 4) is 12.3 Å². The quantitative estimate of drug-likeness (QED) is 0.683. The van der Waals surface area contributed by atoms with Crippen LogP contribution >= 0.6 is 11.3 Å². The topological polar surface area (TPSA) is 60.4 Å². The fourth-order valence-electron chi connectivity index (χ4n) is 1.98. The number of halogens is 1. The van der Waals surface area contributed by atoms with Gasteiger partial charge in [0.05, 0.1) is 22.5 Å². The van der Waals surface area contributed by atoms with E-state index in [9.17, 15) is 9.18 Å². The summed E-state index contributed by atoms with van der Waals surface area (Å²) < 4.78 is 20.6. The number of carbonyl (C=O) groups is 1. The summed E-state index contributed by atoms with van der Waals surface area (Å²) in [6.45, 7) is 1.94. The van der Waals surface area contributed by atoms with Crippen molar-refractivity contribution >= 4 is 27.5 Å². The van der Waals surface area contributed by atoms with E-state index in [1.165, 1.54) is 29.5 Å². The fraction of sp³-hybridized carbons (Fsp3) is 0.133. The van der Waals surface area contributed by atoms with E-state index < -0.39 is 5.91 Å². The average molecular weight is 315 g/mol. The molecule has 0 N–H and O–H groups in total. The number of terminal acetylenes is 1. The molecule has 0 bridgehead atoms. The number of fused-ring (bicyclic) bond motifs is 1. The summed E-state index contributed by atoms with van der Waals surface area (Å²) in [5.41, 5.74) is 1.32. The molecule has 3 rings (SSSR count). The van der Waals surface area contributed by atoms with E-state index in [0.717, 1.165) is 5.52 Å². The third-order valence-corrected chi connectivity index (χ3v) is 3.97. The second-order valence-corrected chi connectivity index (χ2v) is 5.55. The van der Waals surface area contributed by atoms with Gasteiger partial charge in [-0.3, -0.25) is 4.79 Å². The first-order valence-electron chi connectivity index (χ1n) is 6.33. The van der Waals surface area contributed by atoms with Crippen molar-refractivity contribution in [1.82, 2.24) is 9.72 Å². The molecular formula is C15H10FN3O2S. The minimum Gasteiger partial charge on any atom is -0.351 e. The third kappa shape index (κ3) is 2.56. The first-order valence-corrected chi connectivity index (χ1v) is 7.15. The molecule has 0 aliphatic carbocycles. The molecule has 110 valence electrons. The first-order chi connectivity index (χ1) is 10.6. The minimum absolute atomic E-state index is 0.0494. The van der Waals surface area contributed by atoms with Crippen LogP contribution in [0.5, 0.6) is 0 Å². The largest absolute Gasteiger partial charge is 0.351 e. The summed E-state index contributed by atoms with van der Waals surface area (Å²) >= 11 is 1.19. The van der Waals surface area contributed by atoms with Gasteiger partial charge in [0.2, 0.25) is 5.76 Å². The van der Waals surface area contributed by atoms with E-state index in [2.05, 4.69) is 16.1 Å². The van der Waals surface area contributed by atoms with Gasteiger partial charge in [-0.1, -0.05) is 22.4 Å². The highest BCUT2D eigenvalue weighted by Crippen LogP contribution is 2.18. The zero-order chi connectivity index (χ0) is 15.7. The molecule has 0 aliphatic rings. The van der Waals surface area contributed by atoms with Gasteiger partial charge in [0.15, 0.2) is 4.80 Å². The molecule has 0 saturated carbocycles. The van der Waals surface area contributed by atoms with Gasteiger partial charge in [0.1, 0.15) is 5.82 Å². The zero-order valence-electron chi connectivity index (χ0n) is 11.5.